The zero-order valence-corrected chi connectivity index (χ0v) is 14.5. The Kier molecular flexibility index (Phi) is 4.84. The van der Waals surface area contributed by atoms with Gasteiger partial charge >= 0.3 is 0 Å². The summed E-state index contributed by atoms with van der Waals surface area (Å²) >= 11 is 0. The largest absolute Gasteiger partial charge is 0.497 e. The molecule has 0 saturated carbocycles. The van der Waals surface area contributed by atoms with Gasteiger partial charge in [-0.25, -0.2) is 4.98 Å². The molecule has 2 aromatic carbocycles. The first-order chi connectivity index (χ1) is 12.1. The van der Waals surface area contributed by atoms with Crippen LogP contribution in [0.1, 0.15) is 12.7 Å². The average molecular weight is 336 g/mol. The van der Waals surface area contributed by atoms with E-state index in [9.17, 15) is 4.79 Å². The second kappa shape index (κ2) is 7.21. The van der Waals surface area contributed by atoms with Crippen LogP contribution in [0.3, 0.4) is 0 Å². The lowest BCUT2D eigenvalue weighted by molar-refractivity contribution is 0.363. The van der Waals surface area contributed by atoms with Gasteiger partial charge < -0.3 is 9.47 Å². The van der Waals surface area contributed by atoms with E-state index >= 15 is 0 Å². The maximum Gasteiger partial charge on any atom is 0.266 e. The molecule has 1 heterocycles. The molecular formula is C20H20N2O3. The minimum atomic E-state index is -0.132. The number of aryl methyl sites for hydroxylation is 1. The summed E-state index contributed by atoms with van der Waals surface area (Å²) in [5.74, 6) is 1.95. The highest BCUT2D eigenvalue weighted by atomic mass is 16.5. The van der Waals surface area contributed by atoms with Gasteiger partial charge in [0.2, 0.25) is 0 Å². The van der Waals surface area contributed by atoms with Crippen molar-refractivity contribution in [1.82, 2.24) is 9.55 Å². The number of benzene rings is 2. The van der Waals surface area contributed by atoms with Gasteiger partial charge in [-0.1, -0.05) is 18.2 Å². The molecule has 25 heavy (non-hydrogen) atoms. The van der Waals surface area contributed by atoms with Crippen molar-refractivity contribution >= 4 is 10.9 Å². The highest BCUT2D eigenvalue weighted by Gasteiger charge is 2.11. The lowest BCUT2D eigenvalue weighted by atomic mass is 10.2. The Hall–Kier alpha value is -3.08. The molecule has 0 saturated heterocycles. The molecule has 0 aliphatic heterocycles. The first kappa shape index (κ1) is 16.8. The van der Waals surface area contributed by atoms with Gasteiger partial charge in [-0.2, -0.15) is 0 Å². The number of hydrogen-bond acceptors (Lipinski definition) is 4. The number of aromatic nitrogens is 2. The van der Waals surface area contributed by atoms with E-state index in [2.05, 4.69) is 4.98 Å². The summed E-state index contributed by atoms with van der Waals surface area (Å²) in [5.41, 5.74) is 1.24. The minimum absolute atomic E-state index is 0.132. The van der Waals surface area contributed by atoms with Gasteiger partial charge in [-0.15, -0.1) is 0 Å². The average Bonchev–Trinajstić information content (AvgIpc) is 2.62. The molecule has 0 aliphatic rings. The van der Waals surface area contributed by atoms with Crippen molar-refractivity contribution in [2.24, 2.45) is 0 Å². The molecular weight excluding hydrogens is 316 g/mol. The molecule has 0 spiro atoms. The molecule has 5 nitrogen and oxygen atoms in total. The van der Waals surface area contributed by atoms with Crippen LogP contribution in [0.5, 0.6) is 11.5 Å². The highest BCUT2D eigenvalue weighted by molar-refractivity contribution is 5.79. The number of methoxy groups -OCH3 is 1. The van der Waals surface area contributed by atoms with Crippen molar-refractivity contribution in [3.63, 3.8) is 0 Å². The molecule has 3 rings (SSSR count). The predicted octanol–water partition coefficient (Wildman–Crippen LogP) is 3.66. The molecule has 0 radical (unpaired) electrons. The van der Waals surface area contributed by atoms with Gasteiger partial charge in [0.25, 0.3) is 5.56 Å². The molecule has 0 bridgehead atoms. The van der Waals surface area contributed by atoms with Crippen LogP contribution in [0, 0.1) is 6.92 Å². The lowest BCUT2D eigenvalue weighted by Crippen LogP contribution is -2.22. The fourth-order valence-electron chi connectivity index (χ4n) is 2.66. The number of allylic oxidation sites excluding steroid dienone is 1. The summed E-state index contributed by atoms with van der Waals surface area (Å²) in [7, 11) is 1.60. The van der Waals surface area contributed by atoms with Crippen LogP contribution in [0.25, 0.3) is 16.6 Å². The van der Waals surface area contributed by atoms with Crippen molar-refractivity contribution < 1.29 is 9.47 Å². The Bertz CT molecular complexity index is 990. The monoisotopic (exact) mass is 336 g/mol. The smallest absolute Gasteiger partial charge is 0.266 e. The molecule has 0 aliphatic carbocycles. The molecule has 0 unspecified atom stereocenters. The Balaban J connectivity index is 2.14. The standard InChI is InChI=1S/C20H20N2O3/c1-4-5-11-25-17-9-10-19-18(13-17)20(23)22(14(2)21-19)15-7-6-8-16(12-15)24-3/h4-10,12-13H,11H2,1-3H3/b5-4+. The van der Waals surface area contributed by atoms with Crippen LogP contribution in [0.15, 0.2) is 59.4 Å². The van der Waals surface area contributed by atoms with Crippen molar-refractivity contribution in [2.75, 3.05) is 13.7 Å². The predicted molar refractivity (Wildman–Crippen MR) is 98.9 cm³/mol. The van der Waals surface area contributed by atoms with Crippen molar-refractivity contribution in [3.05, 3.63) is 70.8 Å². The van der Waals surface area contributed by atoms with E-state index in [1.165, 1.54) is 0 Å². The van der Waals surface area contributed by atoms with Crippen LogP contribution in [-0.2, 0) is 0 Å². The van der Waals surface area contributed by atoms with E-state index in [1.807, 2.05) is 62.4 Å². The Morgan fingerprint density at radius 3 is 2.76 bits per heavy atom. The topological polar surface area (TPSA) is 53.4 Å². The number of nitrogens with zero attached hydrogens (tertiary/aromatic N) is 2. The van der Waals surface area contributed by atoms with E-state index in [0.29, 0.717) is 34.8 Å². The molecule has 128 valence electrons. The summed E-state index contributed by atoms with van der Waals surface area (Å²) in [6.07, 6.45) is 3.83. The SMILES string of the molecule is C/C=C/COc1ccc2nc(C)n(-c3cccc(OC)c3)c(=O)c2c1. The summed E-state index contributed by atoms with van der Waals surface area (Å²) in [5, 5.41) is 0.520. The first-order valence-electron chi connectivity index (χ1n) is 8.06. The van der Waals surface area contributed by atoms with Crippen LogP contribution in [0.2, 0.25) is 0 Å². The number of hydrogen-bond donors (Lipinski definition) is 0. The molecule has 5 heteroatoms. The van der Waals surface area contributed by atoms with E-state index in [0.717, 1.165) is 5.69 Å². The van der Waals surface area contributed by atoms with Crippen molar-refractivity contribution in [2.45, 2.75) is 13.8 Å². The molecule has 0 N–H and O–H groups in total. The molecule has 3 aromatic rings. The van der Waals surface area contributed by atoms with Crippen LogP contribution < -0.4 is 15.0 Å². The second-order valence-electron chi connectivity index (χ2n) is 5.56. The minimum Gasteiger partial charge on any atom is -0.497 e. The summed E-state index contributed by atoms with van der Waals surface area (Å²) in [6, 6.07) is 12.7. The number of ether oxygens (including phenoxy) is 2. The Labute approximate surface area is 146 Å². The van der Waals surface area contributed by atoms with Gasteiger partial charge in [-0.3, -0.25) is 9.36 Å². The molecule has 0 atom stereocenters. The Morgan fingerprint density at radius 1 is 1.16 bits per heavy atom. The van der Waals surface area contributed by atoms with E-state index in [-0.39, 0.29) is 5.56 Å². The van der Waals surface area contributed by atoms with Crippen molar-refractivity contribution in [3.8, 4) is 17.2 Å². The van der Waals surface area contributed by atoms with Gasteiger partial charge in [0.05, 0.1) is 23.7 Å². The molecule has 1 aromatic heterocycles. The van der Waals surface area contributed by atoms with Crippen LogP contribution in [-0.4, -0.2) is 23.3 Å². The summed E-state index contributed by atoms with van der Waals surface area (Å²) in [4.78, 5) is 17.6. The maximum atomic E-state index is 13.0. The fraction of sp³-hybridized carbons (Fsp3) is 0.200. The summed E-state index contributed by atoms with van der Waals surface area (Å²) < 4.78 is 12.5. The van der Waals surface area contributed by atoms with E-state index < -0.39 is 0 Å². The third-order valence-corrected chi connectivity index (χ3v) is 3.90. The van der Waals surface area contributed by atoms with Crippen LogP contribution in [0.4, 0.5) is 0 Å². The van der Waals surface area contributed by atoms with Gasteiger partial charge in [-0.05, 0) is 44.2 Å². The first-order valence-corrected chi connectivity index (χ1v) is 8.06. The van der Waals surface area contributed by atoms with Gasteiger partial charge in [0.15, 0.2) is 0 Å². The summed E-state index contributed by atoms with van der Waals surface area (Å²) in [6.45, 7) is 4.21. The van der Waals surface area contributed by atoms with E-state index in [4.69, 9.17) is 9.47 Å². The maximum absolute atomic E-state index is 13.0. The second-order valence-corrected chi connectivity index (χ2v) is 5.56. The number of fused-ring (bicyclic) bond motifs is 1. The third-order valence-electron chi connectivity index (χ3n) is 3.90. The number of rotatable bonds is 5. The zero-order chi connectivity index (χ0) is 17.8. The van der Waals surface area contributed by atoms with Crippen molar-refractivity contribution in [1.29, 1.82) is 0 Å². The zero-order valence-electron chi connectivity index (χ0n) is 14.5. The third kappa shape index (κ3) is 3.40. The molecule has 0 amide bonds. The highest BCUT2D eigenvalue weighted by Crippen LogP contribution is 2.20. The lowest BCUT2D eigenvalue weighted by Gasteiger charge is -2.12. The normalized spacial score (nSPS) is 11.2. The molecule has 0 fully saturated rings. The van der Waals surface area contributed by atoms with Gasteiger partial charge in [0, 0.05) is 6.07 Å². The van der Waals surface area contributed by atoms with Crippen LogP contribution >= 0.6 is 0 Å². The quantitative estimate of drug-likeness (QED) is 0.667. The fourth-order valence-corrected chi connectivity index (χ4v) is 2.66. The van der Waals surface area contributed by atoms with Gasteiger partial charge in [0.1, 0.15) is 23.9 Å². The Morgan fingerprint density at radius 2 is 2.00 bits per heavy atom. The van der Waals surface area contributed by atoms with E-state index in [1.54, 1.807) is 17.7 Å².